The van der Waals surface area contributed by atoms with Crippen LogP contribution in [-0.2, 0) is 65.4 Å². The second kappa shape index (κ2) is 15.2. The van der Waals surface area contributed by atoms with Crippen molar-refractivity contribution < 1.29 is 63.7 Å². The summed E-state index contributed by atoms with van der Waals surface area (Å²) in [5.41, 5.74) is 5.12. The Labute approximate surface area is 281 Å². The standard InChI is InChI=1S/C16H19F3O7S.C15H19N3O4/c1-15(2)24-13-12(26-27(20,21)16(17,18)19)11(23-14(13)25-15)9-22-8-10-6-4-3-5-7-10;1-15(2)21-13-12(17-18-16)11(20-14(13)22-15)9-19-8-10-6-4-3-5-7-10/h3-7,11-14H,8-9H2,1-2H3;3-7,11-14H,8-9H2,1-2H3/t2*11-,12+,13?,14-/m11/s1. The highest BCUT2D eigenvalue weighted by molar-refractivity contribution is 7.87. The summed E-state index contributed by atoms with van der Waals surface area (Å²) >= 11 is 0. The molecular weight excluding hydrogens is 679 g/mol. The number of hydrogen-bond donors (Lipinski definition) is 0. The molecule has 2 unspecified atom stereocenters. The van der Waals surface area contributed by atoms with Crippen molar-refractivity contribution >= 4 is 10.1 Å². The Bertz CT molecular complexity index is 1550. The number of ether oxygens (including phenoxy) is 8. The molecule has 2 aromatic carbocycles. The van der Waals surface area contributed by atoms with Crippen LogP contribution >= 0.6 is 0 Å². The summed E-state index contributed by atoms with van der Waals surface area (Å²) in [6, 6.07) is 18.5. The summed E-state index contributed by atoms with van der Waals surface area (Å²) in [5.74, 6) is -1.87. The van der Waals surface area contributed by atoms with Crippen LogP contribution in [0.25, 0.3) is 10.4 Å². The van der Waals surface area contributed by atoms with Crippen molar-refractivity contribution in [1.29, 1.82) is 0 Å². The van der Waals surface area contributed by atoms with E-state index in [-0.39, 0.29) is 19.3 Å². The van der Waals surface area contributed by atoms with Gasteiger partial charge in [0.1, 0.15) is 24.4 Å². The van der Waals surface area contributed by atoms with Crippen LogP contribution in [0.15, 0.2) is 65.8 Å². The van der Waals surface area contributed by atoms with E-state index in [1.165, 1.54) is 13.8 Å². The van der Waals surface area contributed by atoms with Crippen molar-refractivity contribution in [2.75, 3.05) is 13.2 Å². The van der Waals surface area contributed by atoms with Gasteiger partial charge in [-0.25, -0.2) is 0 Å². The predicted molar refractivity (Wildman–Crippen MR) is 162 cm³/mol. The van der Waals surface area contributed by atoms with Crippen LogP contribution in [0.3, 0.4) is 0 Å². The summed E-state index contributed by atoms with van der Waals surface area (Å²) in [7, 11) is -5.84. The van der Waals surface area contributed by atoms with E-state index in [0.29, 0.717) is 13.2 Å². The first-order valence-corrected chi connectivity index (χ1v) is 16.8. The number of halogens is 3. The number of azide groups is 1. The maximum atomic E-state index is 12.7. The van der Waals surface area contributed by atoms with Gasteiger partial charge in [-0.2, -0.15) is 21.6 Å². The van der Waals surface area contributed by atoms with Crippen LogP contribution in [0, 0.1) is 0 Å². The van der Waals surface area contributed by atoms with E-state index in [2.05, 4.69) is 14.2 Å². The van der Waals surface area contributed by atoms with Crippen molar-refractivity contribution in [1.82, 2.24) is 0 Å². The molecule has 0 aliphatic carbocycles. The largest absolute Gasteiger partial charge is 0.523 e. The fraction of sp³-hybridized carbons (Fsp3) is 0.613. The predicted octanol–water partition coefficient (Wildman–Crippen LogP) is 5.07. The lowest BCUT2D eigenvalue weighted by Crippen LogP contribution is -2.42. The number of rotatable bonds is 11. The molecule has 0 N–H and O–H groups in total. The van der Waals surface area contributed by atoms with Crippen LogP contribution in [0.2, 0.25) is 0 Å². The van der Waals surface area contributed by atoms with Gasteiger partial charge in [-0.1, -0.05) is 65.8 Å². The average molecular weight is 718 g/mol. The first-order chi connectivity index (χ1) is 23.1. The fourth-order valence-corrected chi connectivity index (χ4v) is 6.26. The number of nitrogens with zero attached hydrogens (tertiary/aromatic N) is 3. The lowest BCUT2D eigenvalue weighted by molar-refractivity contribution is -0.219. The summed E-state index contributed by atoms with van der Waals surface area (Å²) in [6.07, 6.45) is -6.14. The van der Waals surface area contributed by atoms with Crippen molar-refractivity contribution in [3.63, 3.8) is 0 Å². The molecule has 4 saturated heterocycles. The van der Waals surface area contributed by atoms with Gasteiger partial charge >= 0.3 is 15.6 Å². The van der Waals surface area contributed by atoms with Gasteiger partial charge in [0.25, 0.3) is 0 Å². The van der Waals surface area contributed by atoms with Crippen molar-refractivity contribution in [2.45, 2.75) is 107 Å². The molecule has 0 aromatic heterocycles. The minimum absolute atomic E-state index is 0.169. The van der Waals surface area contributed by atoms with Crippen LogP contribution in [0.1, 0.15) is 38.8 Å². The van der Waals surface area contributed by atoms with E-state index >= 15 is 0 Å². The van der Waals surface area contributed by atoms with Crippen molar-refractivity contribution in [3.05, 3.63) is 82.2 Å². The molecule has 6 rings (SSSR count). The molecule has 4 fully saturated rings. The number of alkyl halides is 3. The van der Waals surface area contributed by atoms with Gasteiger partial charge in [0.15, 0.2) is 24.2 Å². The van der Waals surface area contributed by atoms with Gasteiger partial charge in [0, 0.05) is 4.91 Å². The summed E-state index contributed by atoms with van der Waals surface area (Å²) < 4.78 is 110. The Morgan fingerprint density at radius 3 is 1.76 bits per heavy atom. The zero-order chi connectivity index (χ0) is 35.5. The lowest BCUT2D eigenvalue weighted by Gasteiger charge is -2.25. The van der Waals surface area contributed by atoms with E-state index in [1.54, 1.807) is 24.3 Å². The Hall–Kier alpha value is -2.87. The minimum atomic E-state index is -5.84. The zero-order valence-electron chi connectivity index (χ0n) is 27.1. The van der Waals surface area contributed by atoms with Gasteiger partial charge in [0.05, 0.1) is 38.6 Å². The fourth-order valence-electron chi connectivity index (χ4n) is 5.63. The topological polar surface area (TPSA) is 166 Å². The number of hydrogen-bond acceptors (Lipinski definition) is 12. The molecule has 4 heterocycles. The third-order valence-corrected chi connectivity index (χ3v) is 8.74. The molecule has 4 aliphatic rings. The molecule has 0 bridgehead atoms. The molecule has 0 amide bonds. The zero-order valence-corrected chi connectivity index (χ0v) is 27.9. The molecular formula is C31H38F3N3O11S. The van der Waals surface area contributed by atoms with Crippen molar-refractivity contribution in [2.24, 2.45) is 5.11 Å². The first kappa shape index (κ1) is 37.4. The molecule has 270 valence electrons. The van der Waals surface area contributed by atoms with E-state index in [4.69, 9.17) is 43.4 Å². The van der Waals surface area contributed by atoms with Crippen molar-refractivity contribution in [3.8, 4) is 0 Å². The van der Waals surface area contributed by atoms with Crippen LogP contribution in [0.4, 0.5) is 13.2 Å². The monoisotopic (exact) mass is 717 g/mol. The number of fused-ring (bicyclic) bond motifs is 2. The van der Waals surface area contributed by atoms with E-state index in [1.807, 2.05) is 50.2 Å². The molecule has 8 atom stereocenters. The van der Waals surface area contributed by atoms with Gasteiger partial charge in [-0.3, -0.25) is 4.18 Å². The van der Waals surface area contributed by atoms with Gasteiger partial charge in [-0.05, 0) is 44.4 Å². The molecule has 2 aromatic rings. The summed E-state index contributed by atoms with van der Waals surface area (Å²) in [6.45, 7) is 7.45. The van der Waals surface area contributed by atoms with E-state index in [9.17, 15) is 21.6 Å². The second-order valence-corrected chi connectivity index (χ2v) is 14.0. The summed E-state index contributed by atoms with van der Waals surface area (Å²) in [4.78, 5) is 2.90. The third-order valence-electron chi connectivity index (χ3n) is 7.70. The maximum Gasteiger partial charge on any atom is 0.523 e. The quantitative estimate of drug-likeness (QED) is 0.100. The molecule has 0 radical (unpaired) electrons. The Morgan fingerprint density at radius 1 is 0.776 bits per heavy atom. The van der Waals surface area contributed by atoms with Crippen LogP contribution in [-0.4, -0.2) is 87.9 Å². The molecule has 0 spiro atoms. The van der Waals surface area contributed by atoms with Gasteiger partial charge in [0.2, 0.25) is 0 Å². The highest BCUT2D eigenvalue weighted by Gasteiger charge is 2.60. The molecule has 49 heavy (non-hydrogen) atoms. The Kier molecular flexibility index (Phi) is 11.6. The number of benzene rings is 2. The Balaban J connectivity index is 0.000000195. The van der Waals surface area contributed by atoms with Gasteiger partial charge < -0.3 is 37.9 Å². The molecule has 0 saturated carbocycles. The van der Waals surface area contributed by atoms with Gasteiger partial charge in [-0.15, -0.1) is 0 Å². The normalized spacial score (nSPS) is 31.3. The SMILES string of the molecule is CC1(C)OC2[C@H](O[C@H](COCc3ccccc3)[C@@H]2N=[N+]=[N-])O1.CC1(C)OC2[C@H](O[C@H](COCc3ccccc3)[C@@H]2OS(=O)(=O)C(F)(F)F)O1. The Morgan fingerprint density at radius 2 is 1.24 bits per heavy atom. The molecule has 14 nitrogen and oxygen atoms in total. The lowest BCUT2D eigenvalue weighted by atomic mass is 10.1. The van der Waals surface area contributed by atoms with E-state index in [0.717, 1.165) is 11.1 Å². The smallest absolute Gasteiger partial charge is 0.374 e. The average Bonchev–Trinajstić information content (AvgIpc) is 3.70. The summed E-state index contributed by atoms with van der Waals surface area (Å²) in [5, 5.41) is 3.81. The maximum absolute atomic E-state index is 12.7. The third kappa shape index (κ3) is 9.47. The minimum Gasteiger partial charge on any atom is -0.374 e. The van der Waals surface area contributed by atoms with Crippen LogP contribution in [0.5, 0.6) is 0 Å². The first-order valence-electron chi connectivity index (χ1n) is 15.4. The molecule has 18 heteroatoms. The van der Waals surface area contributed by atoms with E-state index < -0.39 is 70.2 Å². The highest BCUT2D eigenvalue weighted by atomic mass is 32.2. The second-order valence-electron chi connectivity index (χ2n) is 12.4. The van der Waals surface area contributed by atoms with Crippen LogP contribution < -0.4 is 0 Å². The molecule has 4 aliphatic heterocycles. The highest BCUT2D eigenvalue weighted by Crippen LogP contribution is 2.41.